The van der Waals surface area contributed by atoms with E-state index < -0.39 is 16.1 Å². The highest BCUT2D eigenvalue weighted by atomic mass is 35.5. The summed E-state index contributed by atoms with van der Waals surface area (Å²) in [6, 6.07) is 7.78. The monoisotopic (exact) mass is 387 g/mol. The molecule has 1 aliphatic carbocycles. The summed E-state index contributed by atoms with van der Waals surface area (Å²) in [6.45, 7) is 0.946. The maximum Gasteiger partial charge on any atom is 0.243 e. The molecule has 3 N–H and O–H groups in total. The average molecular weight is 388 g/mol. The minimum Gasteiger partial charge on any atom is -0.352 e. The number of carbonyl (C=O) groups is 1. The molecule has 1 aromatic rings. The Hall–Kier alpha value is -1.15. The lowest BCUT2D eigenvalue weighted by Crippen LogP contribution is -2.50. The third-order valence-electron chi connectivity index (χ3n) is 5.15. The van der Waals surface area contributed by atoms with Crippen LogP contribution < -0.4 is 11.1 Å². The Bertz CT molecular complexity index is 684. The molecular formula is C17H26ClN3O3S. The van der Waals surface area contributed by atoms with Crippen molar-refractivity contribution in [1.29, 1.82) is 0 Å². The number of benzene rings is 1. The second-order valence-electron chi connectivity index (χ2n) is 6.63. The van der Waals surface area contributed by atoms with Gasteiger partial charge in [0.15, 0.2) is 0 Å². The van der Waals surface area contributed by atoms with E-state index in [0.29, 0.717) is 31.8 Å². The lowest BCUT2D eigenvalue weighted by molar-refractivity contribution is -0.125. The first-order valence-corrected chi connectivity index (χ1v) is 10.1. The molecular weight excluding hydrogens is 362 g/mol. The molecule has 3 atom stereocenters. The van der Waals surface area contributed by atoms with Gasteiger partial charge in [-0.3, -0.25) is 4.79 Å². The van der Waals surface area contributed by atoms with Crippen molar-refractivity contribution < 1.29 is 13.2 Å². The zero-order valence-corrected chi connectivity index (χ0v) is 15.8. The summed E-state index contributed by atoms with van der Waals surface area (Å²) >= 11 is 0. The normalized spacial score (nSPS) is 27.0. The van der Waals surface area contributed by atoms with Gasteiger partial charge in [0.05, 0.1) is 4.90 Å². The second-order valence-corrected chi connectivity index (χ2v) is 8.52. The van der Waals surface area contributed by atoms with Gasteiger partial charge in [-0.2, -0.15) is 4.31 Å². The molecule has 1 amide bonds. The lowest BCUT2D eigenvalue weighted by atomic mass is 10.0. The largest absolute Gasteiger partial charge is 0.352 e. The summed E-state index contributed by atoms with van der Waals surface area (Å²) in [4.78, 5) is 12.9. The van der Waals surface area contributed by atoms with Gasteiger partial charge < -0.3 is 11.1 Å². The summed E-state index contributed by atoms with van der Waals surface area (Å²) in [6.07, 6.45) is 4.28. The van der Waals surface area contributed by atoms with Crippen LogP contribution in [0.2, 0.25) is 0 Å². The quantitative estimate of drug-likeness (QED) is 0.800. The molecule has 2 fully saturated rings. The zero-order chi connectivity index (χ0) is 17.2. The molecule has 0 aromatic heterocycles. The van der Waals surface area contributed by atoms with Gasteiger partial charge in [-0.15, -0.1) is 12.4 Å². The number of nitrogens with two attached hydrogens (primary N) is 1. The Balaban J connectivity index is 0.00000225. The fourth-order valence-electron chi connectivity index (χ4n) is 3.81. The van der Waals surface area contributed by atoms with E-state index >= 15 is 0 Å². The fraction of sp³-hybridized carbons (Fsp3) is 0.588. The van der Waals surface area contributed by atoms with Crippen LogP contribution in [0.4, 0.5) is 0 Å². The van der Waals surface area contributed by atoms with Crippen molar-refractivity contribution in [2.45, 2.75) is 49.1 Å². The van der Waals surface area contributed by atoms with Gasteiger partial charge in [0.1, 0.15) is 6.04 Å². The number of carbonyl (C=O) groups excluding carboxylic acids is 1. The van der Waals surface area contributed by atoms with Crippen LogP contribution in [0.25, 0.3) is 0 Å². The fourth-order valence-corrected chi connectivity index (χ4v) is 5.48. The van der Waals surface area contributed by atoms with Crippen LogP contribution in [-0.4, -0.2) is 43.8 Å². The highest BCUT2D eigenvalue weighted by Gasteiger charge is 2.40. The molecule has 0 spiro atoms. The first-order valence-electron chi connectivity index (χ1n) is 8.61. The van der Waals surface area contributed by atoms with Gasteiger partial charge in [0.25, 0.3) is 0 Å². The van der Waals surface area contributed by atoms with E-state index in [1.54, 1.807) is 30.3 Å². The van der Waals surface area contributed by atoms with E-state index in [9.17, 15) is 13.2 Å². The maximum atomic E-state index is 12.8. The van der Waals surface area contributed by atoms with Crippen molar-refractivity contribution in [3.8, 4) is 0 Å². The van der Waals surface area contributed by atoms with Gasteiger partial charge in [-0.05, 0) is 50.3 Å². The summed E-state index contributed by atoms with van der Waals surface area (Å²) in [5, 5.41) is 3.05. The van der Waals surface area contributed by atoms with Crippen LogP contribution in [0.3, 0.4) is 0 Å². The lowest BCUT2D eigenvalue weighted by Gasteiger charge is -2.26. The molecule has 25 heavy (non-hydrogen) atoms. The van der Waals surface area contributed by atoms with Crippen LogP contribution in [0.5, 0.6) is 0 Å². The van der Waals surface area contributed by atoms with Crippen LogP contribution in [0.1, 0.15) is 32.1 Å². The van der Waals surface area contributed by atoms with Crippen LogP contribution in [0.15, 0.2) is 35.2 Å². The molecule has 0 radical (unpaired) electrons. The molecule has 1 aliphatic heterocycles. The van der Waals surface area contributed by atoms with Crippen LogP contribution >= 0.6 is 12.4 Å². The Morgan fingerprint density at radius 3 is 2.56 bits per heavy atom. The molecule has 6 nitrogen and oxygen atoms in total. The van der Waals surface area contributed by atoms with Gasteiger partial charge >= 0.3 is 0 Å². The first kappa shape index (κ1) is 20.2. The number of nitrogens with zero attached hydrogens (tertiary/aromatic N) is 1. The molecule has 3 unspecified atom stereocenters. The topological polar surface area (TPSA) is 92.5 Å². The highest BCUT2D eigenvalue weighted by Crippen LogP contribution is 2.28. The average Bonchev–Trinajstić information content (AvgIpc) is 3.24. The van der Waals surface area contributed by atoms with E-state index in [-0.39, 0.29) is 29.3 Å². The van der Waals surface area contributed by atoms with E-state index in [2.05, 4.69) is 5.32 Å². The molecule has 1 saturated carbocycles. The smallest absolute Gasteiger partial charge is 0.243 e. The molecule has 8 heteroatoms. The molecule has 1 saturated heterocycles. The van der Waals surface area contributed by atoms with E-state index in [1.807, 2.05) is 0 Å². The molecule has 1 aromatic carbocycles. The van der Waals surface area contributed by atoms with Crippen molar-refractivity contribution >= 4 is 28.3 Å². The molecule has 3 rings (SSSR count). The predicted octanol–water partition coefficient (Wildman–Crippen LogP) is 1.51. The first-order chi connectivity index (χ1) is 11.5. The standard InChI is InChI=1S/C17H25N3O3S.ClH/c18-12-13-6-4-9-15(13)19-17(21)16-10-5-11-20(16)24(22,23)14-7-2-1-3-8-14;/h1-3,7-8,13,15-16H,4-6,9-12,18H2,(H,19,21);1H. The van der Waals surface area contributed by atoms with Gasteiger partial charge in [0.2, 0.25) is 15.9 Å². The highest BCUT2D eigenvalue weighted by molar-refractivity contribution is 7.89. The van der Waals surface area contributed by atoms with E-state index in [1.165, 1.54) is 4.31 Å². The minimum absolute atomic E-state index is 0. The molecule has 0 bridgehead atoms. The zero-order valence-electron chi connectivity index (χ0n) is 14.1. The Kier molecular flexibility index (Phi) is 6.85. The SMILES string of the molecule is Cl.NCC1CCCC1NC(=O)C1CCCN1S(=O)(=O)c1ccccc1. The van der Waals surface area contributed by atoms with Crippen molar-refractivity contribution in [1.82, 2.24) is 9.62 Å². The van der Waals surface area contributed by atoms with E-state index in [4.69, 9.17) is 5.73 Å². The number of amides is 1. The second kappa shape index (κ2) is 8.49. The molecule has 1 heterocycles. The van der Waals surface area contributed by atoms with Gasteiger partial charge in [-0.25, -0.2) is 8.42 Å². The summed E-state index contributed by atoms with van der Waals surface area (Å²) < 4.78 is 27.0. The van der Waals surface area contributed by atoms with Crippen LogP contribution in [0, 0.1) is 5.92 Å². The third kappa shape index (κ3) is 4.16. The van der Waals surface area contributed by atoms with Crippen molar-refractivity contribution in [2.75, 3.05) is 13.1 Å². The van der Waals surface area contributed by atoms with Gasteiger partial charge in [0, 0.05) is 12.6 Å². The summed E-state index contributed by atoms with van der Waals surface area (Å²) in [7, 11) is -3.64. The van der Waals surface area contributed by atoms with E-state index in [0.717, 1.165) is 19.3 Å². The number of sulfonamides is 1. The Morgan fingerprint density at radius 2 is 1.88 bits per heavy atom. The molecule has 2 aliphatic rings. The molecule has 140 valence electrons. The van der Waals surface area contributed by atoms with Crippen LogP contribution in [-0.2, 0) is 14.8 Å². The summed E-state index contributed by atoms with van der Waals surface area (Å²) in [5.74, 6) is 0.117. The third-order valence-corrected chi connectivity index (χ3v) is 7.07. The number of rotatable bonds is 5. The Labute approximate surface area is 155 Å². The van der Waals surface area contributed by atoms with Crippen molar-refractivity contribution in [3.63, 3.8) is 0 Å². The minimum atomic E-state index is -3.64. The maximum absolute atomic E-state index is 12.8. The van der Waals surface area contributed by atoms with Crippen molar-refractivity contribution in [2.24, 2.45) is 11.7 Å². The number of halogens is 1. The number of nitrogens with one attached hydrogen (secondary N) is 1. The number of hydrogen-bond donors (Lipinski definition) is 2. The number of hydrogen-bond acceptors (Lipinski definition) is 4. The van der Waals surface area contributed by atoms with Crippen molar-refractivity contribution in [3.05, 3.63) is 30.3 Å². The Morgan fingerprint density at radius 1 is 1.16 bits per heavy atom. The van der Waals surface area contributed by atoms with Gasteiger partial charge in [-0.1, -0.05) is 24.6 Å². The summed E-state index contributed by atoms with van der Waals surface area (Å²) in [5.41, 5.74) is 5.77. The predicted molar refractivity (Wildman–Crippen MR) is 98.9 cm³/mol.